The zero-order valence-corrected chi connectivity index (χ0v) is 6.81. The Hall–Kier alpha value is -1.09. The molecule has 0 fully saturated rings. The molecule has 0 saturated carbocycles. The van der Waals surface area contributed by atoms with Crippen LogP contribution in [0.15, 0.2) is 18.2 Å². The van der Waals surface area contributed by atoms with E-state index in [1.54, 1.807) is 29.5 Å². The second kappa shape index (κ2) is 2.20. The fourth-order valence-corrected chi connectivity index (χ4v) is 1.88. The summed E-state index contributed by atoms with van der Waals surface area (Å²) in [7, 11) is 0. The molecule has 0 atom stereocenters. The van der Waals surface area contributed by atoms with Crippen molar-refractivity contribution >= 4 is 21.6 Å². The Morgan fingerprint density at radius 3 is 3.09 bits per heavy atom. The predicted molar refractivity (Wildman–Crippen MR) is 44.5 cm³/mol. The highest BCUT2D eigenvalue weighted by atomic mass is 32.1. The van der Waals surface area contributed by atoms with Gasteiger partial charge in [0.1, 0.15) is 0 Å². The van der Waals surface area contributed by atoms with Gasteiger partial charge in [-0.25, -0.2) is 4.98 Å². The van der Waals surface area contributed by atoms with Gasteiger partial charge in [0.15, 0.2) is 5.75 Å². The molecule has 1 aromatic carbocycles. The van der Waals surface area contributed by atoms with E-state index in [0.717, 1.165) is 15.2 Å². The van der Waals surface area contributed by atoms with Gasteiger partial charge in [-0.05, 0) is 19.1 Å². The molecule has 0 aliphatic heterocycles. The van der Waals surface area contributed by atoms with Crippen LogP contribution in [0.3, 0.4) is 0 Å². The van der Waals surface area contributed by atoms with Crippen molar-refractivity contribution in [2.75, 3.05) is 0 Å². The highest BCUT2D eigenvalue weighted by Gasteiger charge is 2.00. The van der Waals surface area contributed by atoms with Crippen LogP contribution < -0.4 is 0 Å². The van der Waals surface area contributed by atoms with E-state index in [9.17, 15) is 5.11 Å². The summed E-state index contributed by atoms with van der Waals surface area (Å²) >= 11 is 1.56. The maximum atomic E-state index is 10.9. The minimum atomic E-state index is 0.0566. The molecule has 1 heterocycles. The van der Waals surface area contributed by atoms with E-state index >= 15 is 0 Å². The van der Waals surface area contributed by atoms with Crippen LogP contribution in [0.25, 0.3) is 10.2 Å². The minimum Gasteiger partial charge on any atom is -0.290 e. The van der Waals surface area contributed by atoms with E-state index in [0.29, 0.717) is 0 Å². The first-order chi connectivity index (χ1) is 5.25. The van der Waals surface area contributed by atoms with Gasteiger partial charge in [0, 0.05) is 6.07 Å². The summed E-state index contributed by atoms with van der Waals surface area (Å²) < 4.78 is 0.981. The molecular formula is C8H6NOS. The van der Waals surface area contributed by atoms with Gasteiger partial charge in [0.2, 0.25) is 0 Å². The molecule has 0 N–H and O–H groups in total. The normalized spacial score (nSPS) is 10.6. The van der Waals surface area contributed by atoms with Gasteiger partial charge < -0.3 is 0 Å². The molecule has 2 rings (SSSR count). The van der Waals surface area contributed by atoms with Gasteiger partial charge >= 0.3 is 0 Å². The van der Waals surface area contributed by atoms with Crippen molar-refractivity contribution in [2.24, 2.45) is 0 Å². The first kappa shape index (κ1) is 6.61. The number of thiazole rings is 1. The highest BCUT2D eigenvalue weighted by molar-refractivity contribution is 7.18. The Bertz CT molecular complexity index is 394. The number of fused-ring (bicyclic) bond motifs is 1. The van der Waals surface area contributed by atoms with Crippen molar-refractivity contribution in [3.63, 3.8) is 0 Å². The van der Waals surface area contributed by atoms with Crippen molar-refractivity contribution in [1.82, 2.24) is 4.98 Å². The minimum absolute atomic E-state index is 0.0566. The lowest BCUT2D eigenvalue weighted by atomic mass is 10.3. The molecule has 55 valence electrons. The van der Waals surface area contributed by atoms with Crippen molar-refractivity contribution in [1.29, 1.82) is 0 Å². The molecule has 0 aliphatic rings. The third kappa shape index (κ3) is 1.07. The smallest absolute Gasteiger partial charge is 0.180 e. The Balaban J connectivity index is 2.82. The van der Waals surface area contributed by atoms with Crippen molar-refractivity contribution < 1.29 is 5.11 Å². The summed E-state index contributed by atoms with van der Waals surface area (Å²) in [6.07, 6.45) is 0. The molecule has 1 radical (unpaired) electrons. The average molecular weight is 164 g/mol. The highest BCUT2D eigenvalue weighted by Crippen LogP contribution is 2.25. The molecule has 0 spiro atoms. The molecule has 0 aliphatic carbocycles. The van der Waals surface area contributed by atoms with Crippen LogP contribution >= 0.6 is 11.3 Å². The van der Waals surface area contributed by atoms with E-state index in [2.05, 4.69) is 4.98 Å². The van der Waals surface area contributed by atoms with E-state index in [1.165, 1.54) is 0 Å². The SMILES string of the molecule is Cc1nc2ccc([O])cc2s1. The number of aromatic nitrogens is 1. The second-order valence-electron chi connectivity index (χ2n) is 2.36. The van der Waals surface area contributed by atoms with Gasteiger partial charge in [-0.1, -0.05) is 0 Å². The number of hydrogen-bond acceptors (Lipinski definition) is 2. The monoisotopic (exact) mass is 164 g/mol. The molecule has 3 heteroatoms. The predicted octanol–water partition coefficient (Wildman–Crippen LogP) is 2.75. The number of benzene rings is 1. The first-order valence-corrected chi connectivity index (χ1v) is 4.11. The number of nitrogens with zero attached hydrogens (tertiary/aromatic N) is 1. The van der Waals surface area contributed by atoms with Gasteiger partial charge in [-0.3, -0.25) is 5.11 Å². The van der Waals surface area contributed by atoms with Crippen molar-refractivity contribution in [2.45, 2.75) is 6.92 Å². The second-order valence-corrected chi connectivity index (χ2v) is 3.60. The Labute approximate surface area is 68.1 Å². The Morgan fingerprint density at radius 2 is 2.27 bits per heavy atom. The zero-order chi connectivity index (χ0) is 7.84. The van der Waals surface area contributed by atoms with Crippen LogP contribution in [0.2, 0.25) is 0 Å². The lowest BCUT2D eigenvalue weighted by Gasteiger charge is -1.84. The molecule has 0 saturated heterocycles. The quantitative estimate of drug-likeness (QED) is 0.589. The zero-order valence-electron chi connectivity index (χ0n) is 6.00. The van der Waals surface area contributed by atoms with Crippen molar-refractivity contribution in [3.8, 4) is 5.75 Å². The van der Waals surface area contributed by atoms with Gasteiger partial charge in [0.05, 0.1) is 15.2 Å². The molecular weight excluding hydrogens is 158 g/mol. The number of hydrogen-bond donors (Lipinski definition) is 0. The fourth-order valence-electron chi connectivity index (χ4n) is 1.02. The Morgan fingerprint density at radius 1 is 1.45 bits per heavy atom. The topological polar surface area (TPSA) is 32.8 Å². The molecule has 0 unspecified atom stereocenters. The lowest BCUT2D eigenvalue weighted by Crippen LogP contribution is -1.66. The first-order valence-electron chi connectivity index (χ1n) is 3.30. The van der Waals surface area contributed by atoms with E-state index < -0.39 is 0 Å². The molecule has 0 bridgehead atoms. The standard InChI is InChI=1S/C8H6NOS/c1-5-9-7-3-2-6(10)4-8(7)11-5/h2-4H,1H3. The van der Waals surface area contributed by atoms with Crippen LogP contribution in [-0.2, 0) is 5.11 Å². The summed E-state index contributed by atoms with van der Waals surface area (Å²) in [6, 6.07) is 4.93. The summed E-state index contributed by atoms with van der Waals surface area (Å²) in [5.41, 5.74) is 0.923. The Kier molecular flexibility index (Phi) is 1.32. The lowest BCUT2D eigenvalue weighted by molar-refractivity contribution is 0.355. The molecule has 11 heavy (non-hydrogen) atoms. The molecule has 2 aromatic rings. The molecule has 1 aromatic heterocycles. The van der Waals surface area contributed by atoms with Gasteiger partial charge in [0.25, 0.3) is 0 Å². The third-order valence-corrected chi connectivity index (χ3v) is 2.40. The third-order valence-electron chi connectivity index (χ3n) is 1.47. The molecule has 0 amide bonds. The summed E-state index contributed by atoms with van der Waals surface area (Å²) in [6.45, 7) is 1.94. The maximum absolute atomic E-state index is 10.9. The summed E-state index contributed by atoms with van der Waals surface area (Å²) in [4.78, 5) is 4.23. The van der Waals surface area contributed by atoms with Gasteiger partial charge in [-0.15, -0.1) is 11.3 Å². The van der Waals surface area contributed by atoms with E-state index in [1.807, 2.05) is 6.92 Å². The van der Waals surface area contributed by atoms with Crippen LogP contribution in [0.4, 0.5) is 0 Å². The maximum Gasteiger partial charge on any atom is 0.180 e. The fraction of sp³-hybridized carbons (Fsp3) is 0.125. The van der Waals surface area contributed by atoms with E-state index in [-0.39, 0.29) is 5.75 Å². The van der Waals surface area contributed by atoms with Crippen molar-refractivity contribution in [3.05, 3.63) is 23.2 Å². The van der Waals surface area contributed by atoms with Crippen LogP contribution in [0, 0.1) is 6.92 Å². The van der Waals surface area contributed by atoms with Crippen LogP contribution in [-0.4, -0.2) is 4.98 Å². The number of aryl methyl sites for hydroxylation is 1. The largest absolute Gasteiger partial charge is 0.290 e. The van der Waals surface area contributed by atoms with Crippen LogP contribution in [0.1, 0.15) is 5.01 Å². The van der Waals surface area contributed by atoms with Gasteiger partial charge in [-0.2, -0.15) is 0 Å². The van der Waals surface area contributed by atoms with E-state index in [4.69, 9.17) is 0 Å². The number of rotatable bonds is 0. The average Bonchev–Trinajstić information content (AvgIpc) is 2.27. The summed E-state index contributed by atoms with van der Waals surface area (Å²) in [5, 5.41) is 11.9. The summed E-state index contributed by atoms with van der Waals surface area (Å²) in [5.74, 6) is 0.0566. The molecule has 2 nitrogen and oxygen atoms in total. The van der Waals surface area contributed by atoms with Crippen LogP contribution in [0.5, 0.6) is 5.75 Å².